The molecule has 0 aliphatic carbocycles. The van der Waals surface area contributed by atoms with Crippen molar-refractivity contribution < 1.29 is 9.90 Å². The lowest BCUT2D eigenvalue weighted by atomic mass is 10.0. The SMILES string of the molecule is CCN(CC)Cc1cccc(CN2C[C@@H](C)N(Cc3ccc(C=CC(=O)O)cc3)[C@@H](C)C2)c1. The molecule has 0 bridgehead atoms. The van der Waals surface area contributed by atoms with Crippen LogP contribution in [0.1, 0.15) is 49.9 Å². The van der Waals surface area contributed by atoms with E-state index in [0.717, 1.165) is 51.4 Å². The summed E-state index contributed by atoms with van der Waals surface area (Å²) in [6.45, 7) is 16.3. The van der Waals surface area contributed by atoms with Gasteiger partial charge in [-0.15, -0.1) is 0 Å². The van der Waals surface area contributed by atoms with Gasteiger partial charge in [0.25, 0.3) is 0 Å². The Labute approximate surface area is 199 Å². The minimum absolute atomic E-state index is 0.471. The molecule has 0 aromatic heterocycles. The van der Waals surface area contributed by atoms with Crippen LogP contribution in [0.25, 0.3) is 6.08 Å². The Balaban J connectivity index is 1.57. The molecule has 5 nitrogen and oxygen atoms in total. The topological polar surface area (TPSA) is 47.0 Å². The molecule has 0 unspecified atom stereocenters. The normalized spacial score (nSPS) is 20.0. The number of hydrogen-bond donors (Lipinski definition) is 1. The Hall–Kier alpha value is -2.47. The van der Waals surface area contributed by atoms with Gasteiger partial charge < -0.3 is 5.11 Å². The van der Waals surface area contributed by atoms with E-state index in [1.165, 1.54) is 22.8 Å². The molecule has 1 aliphatic rings. The molecule has 0 saturated carbocycles. The maximum Gasteiger partial charge on any atom is 0.328 e. The zero-order chi connectivity index (χ0) is 23.8. The van der Waals surface area contributed by atoms with Crippen molar-refractivity contribution in [1.29, 1.82) is 0 Å². The monoisotopic (exact) mass is 449 g/mol. The van der Waals surface area contributed by atoms with E-state index in [1.54, 1.807) is 6.08 Å². The Morgan fingerprint density at radius 3 is 2.21 bits per heavy atom. The fourth-order valence-electron chi connectivity index (χ4n) is 4.81. The first-order valence-corrected chi connectivity index (χ1v) is 12.2. The molecule has 0 spiro atoms. The smallest absolute Gasteiger partial charge is 0.328 e. The first kappa shape index (κ1) is 25.2. The van der Waals surface area contributed by atoms with E-state index in [4.69, 9.17) is 5.11 Å². The van der Waals surface area contributed by atoms with Crippen molar-refractivity contribution in [3.05, 3.63) is 76.9 Å². The molecular weight excluding hydrogens is 410 g/mol. The summed E-state index contributed by atoms with van der Waals surface area (Å²) < 4.78 is 0. The van der Waals surface area contributed by atoms with Crippen LogP contribution < -0.4 is 0 Å². The third-order valence-electron chi connectivity index (χ3n) is 6.64. The summed E-state index contributed by atoms with van der Waals surface area (Å²) in [6.07, 6.45) is 2.81. The number of nitrogens with zero attached hydrogens (tertiary/aromatic N) is 3. The number of benzene rings is 2. The lowest BCUT2D eigenvalue weighted by molar-refractivity contribution is -0.131. The van der Waals surface area contributed by atoms with E-state index in [2.05, 4.69) is 78.8 Å². The number of rotatable bonds is 10. The molecule has 1 N–H and O–H groups in total. The van der Waals surface area contributed by atoms with E-state index >= 15 is 0 Å². The quantitative estimate of drug-likeness (QED) is 0.532. The van der Waals surface area contributed by atoms with Crippen LogP contribution in [0.15, 0.2) is 54.6 Å². The molecule has 5 heteroatoms. The van der Waals surface area contributed by atoms with Crippen LogP contribution in [0, 0.1) is 0 Å². The van der Waals surface area contributed by atoms with Gasteiger partial charge in [0.1, 0.15) is 0 Å². The maximum absolute atomic E-state index is 10.7. The highest BCUT2D eigenvalue weighted by Gasteiger charge is 2.29. The van der Waals surface area contributed by atoms with E-state index < -0.39 is 5.97 Å². The van der Waals surface area contributed by atoms with Gasteiger partial charge in [-0.25, -0.2) is 4.79 Å². The molecular formula is C28H39N3O2. The number of carboxylic acids is 1. The van der Waals surface area contributed by atoms with Gasteiger partial charge in [-0.3, -0.25) is 14.7 Å². The van der Waals surface area contributed by atoms with E-state index in [-0.39, 0.29) is 0 Å². The fourth-order valence-corrected chi connectivity index (χ4v) is 4.81. The molecule has 0 radical (unpaired) electrons. The molecule has 2 aromatic carbocycles. The summed E-state index contributed by atoms with van der Waals surface area (Å²) in [6, 6.07) is 18.2. The molecule has 178 valence electrons. The number of piperazine rings is 1. The largest absolute Gasteiger partial charge is 0.478 e. The minimum atomic E-state index is -0.921. The Morgan fingerprint density at radius 2 is 1.61 bits per heavy atom. The van der Waals surface area contributed by atoms with Crippen molar-refractivity contribution >= 4 is 12.0 Å². The second kappa shape index (κ2) is 12.1. The van der Waals surface area contributed by atoms with Crippen molar-refractivity contribution in [1.82, 2.24) is 14.7 Å². The van der Waals surface area contributed by atoms with Crippen LogP contribution in [0.4, 0.5) is 0 Å². The van der Waals surface area contributed by atoms with Crippen LogP contribution in [0.3, 0.4) is 0 Å². The van der Waals surface area contributed by atoms with Crippen LogP contribution in [-0.2, 0) is 24.4 Å². The zero-order valence-corrected chi connectivity index (χ0v) is 20.6. The van der Waals surface area contributed by atoms with Crippen LogP contribution >= 0.6 is 0 Å². The number of carbonyl (C=O) groups is 1. The average molecular weight is 450 g/mol. The van der Waals surface area contributed by atoms with Gasteiger partial charge in [-0.1, -0.05) is 62.4 Å². The van der Waals surface area contributed by atoms with Gasteiger partial charge in [0.2, 0.25) is 0 Å². The molecule has 1 aliphatic heterocycles. The zero-order valence-electron chi connectivity index (χ0n) is 20.6. The van der Waals surface area contributed by atoms with Gasteiger partial charge in [0.05, 0.1) is 0 Å². The van der Waals surface area contributed by atoms with Gasteiger partial charge in [0.15, 0.2) is 0 Å². The second-order valence-electron chi connectivity index (χ2n) is 9.26. The number of aliphatic carboxylic acids is 1. The highest BCUT2D eigenvalue weighted by atomic mass is 16.4. The summed E-state index contributed by atoms with van der Waals surface area (Å²) in [5.74, 6) is -0.921. The molecule has 1 fully saturated rings. The highest BCUT2D eigenvalue weighted by molar-refractivity contribution is 5.85. The lowest BCUT2D eigenvalue weighted by Crippen LogP contribution is -2.55. The first-order valence-electron chi connectivity index (χ1n) is 12.2. The molecule has 1 saturated heterocycles. The number of carboxylic acid groups (broad SMARTS) is 1. The van der Waals surface area contributed by atoms with Crippen LogP contribution in [0.2, 0.25) is 0 Å². The maximum atomic E-state index is 10.7. The van der Waals surface area contributed by atoms with Crippen molar-refractivity contribution in [2.24, 2.45) is 0 Å². The van der Waals surface area contributed by atoms with E-state index in [9.17, 15) is 4.79 Å². The van der Waals surface area contributed by atoms with E-state index in [0.29, 0.717) is 12.1 Å². The Bertz CT molecular complexity index is 909. The predicted molar refractivity (Wildman–Crippen MR) is 136 cm³/mol. The summed E-state index contributed by atoms with van der Waals surface area (Å²) in [5.41, 5.74) is 4.98. The second-order valence-corrected chi connectivity index (χ2v) is 9.26. The van der Waals surface area contributed by atoms with Crippen molar-refractivity contribution in [2.75, 3.05) is 26.2 Å². The standard InChI is InChI=1S/C28H39N3O2/c1-5-29(6-2)19-26-8-7-9-27(16-26)20-30-17-22(3)31(23(4)18-30)21-25-12-10-24(11-13-25)14-15-28(32)33/h7-16,22-23H,5-6,17-21H2,1-4H3,(H,32,33)/t22-,23+. The highest BCUT2D eigenvalue weighted by Crippen LogP contribution is 2.21. The molecule has 1 heterocycles. The number of hydrogen-bond acceptors (Lipinski definition) is 4. The Kier molecular flexibility index (Phi) is 9.24. The fraction of sp³-hybridized carbons (Fsp3) is 0.464. The minimum Gasteiger partial charge on any atom is -0.478 e. The first-order chi connectivity index (χ1) is 15.9. The van der Waals surface area contributed by atoms with Crippen LogP contribution in [-0.4, -0.2) is 64.0 Å². The molecule has 2 atom stereocenters. The van der Waals surface area contributed by atoms with Crippen molar-refractivity contribution in [2.45, 2.75) is 59.4 Å². The summed E-state index contributed by atoms with van der Waals surface area (Å²) in [5, 5.41) is 8.79. The molecule has 33 heavy (non-hydrogen) atoms. The average Bonchev–Trinajstić information content (AvgIpc) is 2.79. The van der Waals surface area contributed by atoms with E-state index in [1.807, 2.05) is 12.1 Å². The summed E-state index contributed by atoms with van der Waals surface area (Å²) in [7, 11) is 0. The molecule has 0 amide bonds. The summed E-state index contributed by atoms with van der Waals surface area (Å²) >= 11 is 0. The van der Waals surface area contributed by atoms with Gasteiger partial charge in [0, 0.05) is 50.9 Å². The van der Waals surface area contributed by atoms with Gasteiger partial charge in [-0.05, 0) is 55.3 Å². The third kappa shape index (κ3) is 7.53. The molecule has 2 aromatic rings. The van der Waals surface area contributed by atoms with Gasteiger partial charge >= 0.3 is 5.97 Å². The Morgan fingerprint density at radius 1 is 0.970 bits per heavy atom. The third-order valence-corrected chi connectivity index (χ3v) is 6.64. The summed E-state index contributed by atoms with van der Waals surface area (Å²) in [4.78, 5) is 18.3. The molecule has 3 rings (SSSR count). The van der Waals surface area contributed by atoms with Crippen LogP contribution in [0.5, 0.6) is 0 Å². The lowest BCUT2D eigenvalue weighted by Gasteiger charge is -2.44. The predicted octanol–water partition coefficient (Wildman–Crippen LogP) is 4.72. The van der Waals surface area contributed by atoms with Gasteiger partial charge in [-0.2, -0.15) is 0 Å². The van der Waals surface area contributed by atoms with Crippen molar-refractivity contribution in [3.63, 3.8) is 0 Å². The van der Waals surface area contributed by atoms with Crippen molar-refractivity contribution in [3.8, 4) is 0 Å².